The molecule has 0 rings (SSSR count). The average Bonchev–Trinajstić information content (AvgIpc) is 0.722. The Hall–Kier alpha value is 1.73. The fraction of sp³-hybridized carbons (Fsp3) is 0. The zero-order chi connectivity index (χ0) is 4.50. The summed E-state index contributed by atoms with van der Waals surface area (Å²) in [4.78, 5) is 0. The molecule has 4 nitrogen and oxygen atoms in total. The van der Waals surface area contributed by atoms with Gasteiger partial charge in [-0.25, -0.2) is 0 Å². The first-order valence-corrected chi connectivity index (χ1v) is 3.00. The Balaban J connectivity index is -0.0000000267. The second-order valence-corrected chi connectivity index (χ2v) is 2.45. The van der Waals surface area contributed by atoms with Gasteiger partial charge >= 0.3 is 44.8 Å². The molecule has 8 heavy (non-hydrogen) atoms. The Morgan fingerprint density at radius 3 is 1.25 bits per heavy atom. The SMILES string of the molecule is O=S([O-])([O-])=S.[Ag+].[Ag+].[N]. The summed E-state index contributed by atoms with van der Waals surface area (Å²) in [5.41, 5.74) is 0. The van der Waals surface area contributed by atoms with Gasteiger partial charge in [0.15, 0.2) is 0 Å². The van der Waals surface area contributed by atoms with Crippen LogP contribution in [0.5, 0.6) is 0 Å². The van der Waals surface area contributed by atoms with E-state index in [-0.39, 0.29) is 50.9 Å². The molecular weight excluding hydrogens is 342 g/mol. The molecule has 0 bridgehead atoms. The minimum Gasteiger partial charge on any atom is -0.780 e. The second-order valence-electron chi connectivity index (χ2n) is 0.408. The molecule has 0 unspecified atom stereocenters. The summed E-state index contributed by atoms with van der Waals surface area (Å²) in [7, 11) is -4.33. The predicted octanol–water partition coefficient (Wildman–Crippen LogP) is -1.49. The molecule has 0 saturated carbocycles. The molecule has 0 atom stereocenters. The van der Waals surface area contributed by atoms with Gasteiger partial charge in [0.05, 0.1) is 0 Å². The smallest absolute Gasteiger partial charge is 0.780 e. The topological polar surface area (TPSA) is 93.7 Å². The van der Waals surface area contributed by atoms with Gasteiger partial charge in [0.25, 0.3) is 0 Å². The molecule has 0 N–H and O–H groups in total. The molecule has 0 aromatic carbocycles. The van der Waals surface area contributed by atoms with Crippen molar-refractivity contribution in [1.29, 1.82) is 0 Å². The molecule has 0 fully saturated rings. The number of nitrogens with zero attached hydrogens (tertiary/aromatic N) is 1. The van der Waals surface area contributed by atoms with Crippen LogP contribution in [0.1, 0.15) is 0 Å². The third-order valence-corrected chi connectivity index (χ3v) is 0. The van der Waals surface area contributed by atoms with Crippen LogP contribution in [-0.4, -0.2) is 13.3 Å². The average molecular weight is 342 g/mol. The first-order valence-electron chi connectivity index (χ1n) is 0.667. The fourth-order valence-electron chi connectivity index (χ4n) is 0. The molecule has 0 spiro atoms. The van der Waals surface area contributed by atoms with E-state index in [0.717, 1.165) is 0 Å². The van der Waals surface area contributed by atoms with Crippen molar-refractivity contribution in [2.75, 3.05) is 0 Å². The van der Waals surface area contributed by atoms with Gasteiger partial charge in [-0.05, 0) is 11.2 Å². The molecule has 0 amide bonds. The second kappa shape index (κ2) is 8.73. The van der Waals surface area contributed by atoms with E-state index in [1.807, 2.05) is 0 Å². The van der Waals surface area contributed by atoms with Gasteiger partial charge in [-0.2, -0.15) is 0 Å². The van der Waals surface area contributed by atoms with Crippen molar-refractivity contribution in [3.8, 4) is 0 Å². The Labute approximate surface area is 83.7 Å². The van der Waals surface area contributed by atoms with Gasteiger partial charge in [0.2, 0.25) is 0 Å². The predicted molar refractivity (Wildman–Crippen MR) is 19.2 cm³/mol. The normalized spacial score (nSPS) is 7.25. The van der Waals surface area contributed by atoms with E-state index in [0.29, 0.717) is 0 Å². The van der Waals surface area contributed by atoms with E-state index >= 15 is 0 Å². The number of rotatable bonds is 0. The monoisotopic (exact) mass is 340 g/mol. The largest absolute Gasteiger partial charge is 1.00 e. The Bertz CT molecular complexity index is 98.5. The maximum atomic E-state index is 8.89. The molecule has 57 valence electrons. The zero-order valence-corrected chi connectivity index (χ0v) is 7.69. The molecule has 8 heteroatoms. The molecular formula is Ag2NO3S2. The van der Waals surface area contributed by atoms with Crippen molar-refractivity contribution in [2.24, 2.45) is 0 Å². The van der Waals surface area contributed by atoms with E-state index in [2.05, 4.69) is 11.2 Å². The maximum Gasteiger partial charge on any atom is 1.00 e. The Morgan fingerprint density at radius 2 is 1.25 bits per heavy atom. The van der Waals surface area contributed by atoms with Gasteiger partial charge in [0, 0.05) is 6.15 Å². The van der Waals surface area contributed by atoms with Crippen LogP contribution in [0.4, 0.5) is 0 Å². The van der Waals surface area contributed by atoms with Gasteiger partial charge < -0.3 is 9.11 Å². The minimum absolute atomic E-state index is 0. The molecule has 0 aromatic heterocycles. The molecule has 3 radical (unpaired) electrons. The van der Waals surface area contributed by atoms with Crippen LogP contribution in [0.15, 0.2) is 0 Å². The summed E-state index contributed by atoms with van der Waals surface area (Å²) >= 11 is 3.24. The summed E-state index contributed by atoms with van der Waals surface area (Å²) in [6.45, 7) is 0. The van der Waals surface area contributed by atoms with Crippen molar-refractivity contribution >= 4 is 20.2 Å². The molecule has 0 aliphatic rings. The van der Waals surface area contributed by atoms with E-state index in [9.17, 15) is 0 Å². The van der Waals surface area contributed by atoms with Crippen LogP contribution >= 0.6 is 0 Å². The molecule has 0 saturated heterocycles. The van der Waals surface area contributed by atoms with Gasteiger partial charge in [-0.15, -0.1) is 9.05 Å². The van der Waals surface area contributed by atoms with Crippen molar-refractivity contribution in [3.63, 3.8) is 0 Å². The van der Waals surface area contributed by atoms with Crippen LogP contribution in [0.25, 0.3) is 0 Å². The Morgan fingerprint density at radius 1 is 1.25 bits per heavy atom. The van der Waals surface area contributed by atoms with Crippen molar-refractivity contribution < 1.29 is 58.1 Å². The van der Waals surface area contributed by atoms with Crippen LogP contribution in [0.3, 0.4) is 0 Å². The van der Waals surface area contributed by atoms with Gasteiger partial charge in [0.1, 0.15) is 0 Å². The minimum atomic E-state index is -4.33. The van der Waals surface area contributed by atoms with Crippen LogP contribution < -0.4 is 6.15 Å². The number of hydrogen-bond donors (Lipinski definition) is 0. The third-order valence-electron chi connectivity index (χ3n) is 0. The van der Waals surface area contributed by atoms with E-state index in [1.54, 1.807) is 0 Å². The van der Waals surface area contributed by atoms with Crippen LogP contribution in [0, 0.1) is 0 Å². The number of hydrogen-bond acceptors (Lipinski definition) is 4. The summed E-state index contributed by atoms with van der Waals surface area (Å²) in [5.74, 6) is 0. The van der Waals surface area contributed by atoms with Gasteiger partial charge in [-0.3, -0.25) is 4.21 Å². The van der Waals surface area contributed by atoms with Crippen molar-refractivity contribution in [3.05, 3.63) is 0 Å². The first kappa shape index (κ1) is 22.6. The van der Waals surface area contributed by atoms with E-state index < -0.39 is 9.05 Å². The van der Waals surface area contributed by atoms with Crippen molar-refractivity contribution in [2.45, 2.75) is 0 Å². The van der Waals surface area contributed by atoms with Gasteiger partial charge in [-0.1, -0.05) is 0 Å². The zero-order valence-electron chi connectivity index (χ0n) is 3.09. The molecule has 0 aromatic rings. The van der Waals surface area contributed by atoms with E-state index in [4.69, 9.17) is 13.3 Å². The fourth-order valence-corrected chi connectivity index (χ4v) is 0. The van der Waals surface area contributed by atoms with E-state index in [1.165, 1.54) is 0 Å². The summed E-state index contributed by atoms with van der Waals surface area (Å²) in [6.07, 6.45) is 0. The maximum absolute atomic E-state index is 8.89. The first-order chi connectivity index (χ1) is 2.00. The van der Waals surface area contributed by atoms with Crippen molar-refractivity contribution in [1.82, 2.24) is 6.15 Å². The van der Waals surface area contributed by atoms with Crippen LogP contribution in [0.2, 0.25) is 0 Å². The Kier molecular flexibility index (Phi) is 24.6. The quantitative estimate of drug-likeness (QED) is 0.501. The summed E-state index contributed by atoms with van der Waals surface area (Å²) in [6, 6.07) is 0. The summed E-state index contributed by atoms with van der Waals surface area (Å²) in [5, 5.41) is 0. The van der Waals surface area contributed by atoms with Crippen LogP contribution in [-0.2, 0) is 65.0 Å². The third kappa shape index (κ3) is 117. The molecule has 0 heterocycles. The molecule has 0 aliphatic heterocycles. The summed E-state index contributed by atoms with van der Waals surface area (Å²) < 4.78 is 26.7. The standard InChI is InChI=1S/2Ag.N.H2O3S2/c;;;1-5(2,3)4/h;;;(H2,1,2,3,4)/q2*+1;;/p-2. The molecule has 0 aliphatic carbocycles.